The van der Waals surface area contributed by atoms with Crippen LogP contribution in [-0.4, -0.2) is 80.7 Å². The molecule has 9 nitrogen and oxygen atoms in total. The number of allylic oxidation sites excluding steroid dienone is 3. The Morgan fingerprint density at radius 1 is 1.23 bits per heavy atom. The number of carbonyl (C=O) groups is 2. The molecule has 0 radical (unpaired) electrons. The number of aliphatic hydroxyl groups is 4. The second-order valence-electron chi connectivity index (χ2n) is 11.7. The third kappa shape index (κ3) is 9.83. The lowest BCUT2D eigenvalue weighted by Gasteiger charge is -2.32. The molecule has 11 unspecified atom stereocenters. The van der Waals surface area contributed by atoms with Crippen LogP contribution in [-0.2, 0) is 23.8 Å². The maximum absolute atomic E-state index is 12.6. The fourth-order valence-corrected chi connectivity index (χ4v) is 5.23. The van der Waals surface area contributed by atoms with Crippen molar-refractivity contribution in [1.82, 2.24) is 0 Å². The number of carbonyl (C=O) groups excluding carboxylic acids is 2. The number of hydrogen-bond acceptors (Lipinski definition) is 9. The van der Waals surface area contributed by atoms with Crippen LogP contribution in [0.4, 0.5) is 0 Å². The SMILES string of the molecule is CC(=O)OC1C=CC(C)C(C(C)=CC=CC(C)CC(O)C2OC(C)C(O)C2C)OC(=O)CC(O)CCC1(C)O. The van der Waals surface area contributed by atoms with Crippen molar-refractivity contribution in [3.63, 3.8) is 0 Å². The molecule has 0 aromatic rings. The van der Waals surface area contributed by atoms with Gasteiger partial charge in [-0.25, -0.2) is 0 Å². The number of cyclic esters (lactones) is 1. The Labute approximate surface area is 232 Å². The molecule has 0 bridgehead atoms. The Kier molecular flexibility index (Phi) is 12.4. The van der Waals surface area contributed by atoms with Crippen LogP contribution in [0, 0.1) is 17.8 Å². The van der Waals surface area contributed by atoms with Gasteiger partial charge in [0.25, 0.3) is 0 Å². The molecule has 0 aliphatic carbocycles. The fourth-order valence-electron chi connectivity index (χ4n) is 5.23. The molecule has 0 aromatic carbocycles. The molecule has 2 aliphatic heterocycles. The quantitative estimate of drug-likeness (QED) is 0.213. The third-order valence-corrected chi connectivity index (χ3v) is 7.77. The van der Waals surface area contributed by atoms with Crippen molar-refractivity contribution in [3.05, 3.63) is 36.0 Å². The van der Waals surface area contributed by atoms with Crippen LogP contribution in [0.2, 0.25) is 0 Å². The van der Waals surface area contributed by atoms with Crippen LogP contribution in [0.3, 0.4) is 0 Å². The Balaban J connectivity index is 2.16. The van der Waals surface area contributed by atoms with Gasteiger partial charge in [-0.2, -0.15) is 0 Å². The largest absolute Gasteiger partial charge is 0.457 e. The number of ether oxygens (including phenoxy) is 3. The first-order chi connectivity index (χ1) is 18.1. The van der Waals surface area contributed by atoms with E-state index in [-0.39, 0.29) is 43.1 Å². The van der Waals surface area contributed by atoms with Crippen LogP contribution in [0.15, 0.2) is 36.0 Å². The average molecular weight is 553 g/mol. The summed E-state index contributed by atoms with van der Waals surface area (Å²) >= 11 is 0. The van der Waals surface area contributed by atoms with Gasteiger partial charge in [-0.05, 0) is 57.6 Å². The van der Waals surface area contributed by atoms with E-state index in [1.54, 1.807) is 26.0 Å². The predicted molar refractivity (Wildman–Crippen MR) is 146 cm³/mol. The minimum absolute atomic E-state index is 0.0194. The Morgan fingerprint density at radius 3 is 2.49 bits per heavy atom. The summed E-state index contributed by atoms with van der Waals surface area (Å²) in [5, 5.41) is 42.1. The van der Waals surface area contributed by atoms with E-state index in [1.165, 1.54) is 6.92 Å². The van der Waals surface area contributed by atoms with Gasteiger partial charge < -0.3 is 34.6 Å². The lowest BCUT2D eigenvalue weighted by Crippen LogP contribution is -2.42. The lowest BCUT2D eigenvalue weighted by atomic mass is 9.88. The summed E-state index contributed by atoms with van der Waals surface area (Å²) in [5.41, 5.74) is -0.663. The number of hydrogen-bond donors (Lipinski definition) is 4. The van der Waals surface area contributed by atoms with Gasteiger partial charge in [0.1, 0.15) is 17.8 Å². The Morgan fingerprint density at radius 2 is 1.90 bits per heavy atom. The zero-order valence-corrected chi connectivity index (χ0v) is 24.3. The van der Waals surface area contributed by atoms with Crippen LogP contribution >= 0.6 is 0 Å². The number of rotatable bonds is 7. The maximum atomic E-state index is 12.6. The molecule has 1 saturated heterocycles. The molecule has 2 rings (SSSR count). The first-order valence-corrected chi connectivity index (χ1v) is 13.9. The van der Waals surface area contributed by atoms with E-state index in [9.17, 15) is 30.0 Å². The molecule has 0 aromatic heterocycles. The molecule has 0 saturated carbocycles. The highest BCUT2D eigenvalue weighted by Gasteiger charge is 2.42. The lowest BCUT2D eigenvalue weighted by molar-refractivity contribution is -0.157. The minimum Gasteiger partial charge on any atom is -0.457 e. The molecule has 2 aliphatic rings. The van der Waals surface area contributed by atoms with E-state index >= 15 is 0 Å². The molecular weight excluding hydrogens is 504 g/mol. The second kappa shape index (κ2) is 14.6. The minimum atomic E-state index is -1.42. The van der Waals surface area contributed by atoms with Crippen molar-refractivity contribution in [2.75, 3.05) is 0 Å². The topological polar surface area (TPSA) is 143 Å². The van der Waals surface area contributed by atoms with E-state index in [0.717, 1.165) is 5.57 Å². The first-order valence-electron chi connectivity index (χ1n) is 13.9. The Hall–Kier alpha value is -2.04. The predicted octanol–water partition coefficient (Wildman–Crippen LogP) is 2.99. The second-order valence-corrected chi connectivity index (χ2v) is 11.7. The van der Waals surface area contributed by atoms with Gasteiger partial charge in [-0.3, -0.25) is 9.59 Å². The molecule has 222 valence electrons. The normalized spacial score (nSPS) is 38.5. The van der Waals surface area contributed by atoms with E-state index in [1.807, 2.05) is 45.9 Å². The first kappa shape index (κ1) is 33.2. The van der Waals surface area contributed by atoms with E-state index in [2.05, 4.69) is 0 Å². The third-order valence-electron chi connectivity index (χ3n) is 7.77. The van der Waals surface area contributed by atoms with Gasteiger partial charge in [-0.1, -0.05) is 45.1 Å². The van der Waals surface area contributed by atoms with E-state index in [0.29, 0.717) is 6.42 Å². The molecule has 0 amide bonds. The molecule has 11 atom stereocenters. The fraction of sp³-hybridized carbons (Fsp3) is 0.733. The van der Waals surface area contributed by atoms with Gasteiger partial charge in [0.2, 0.25) is 0 Å². The highest BCUT2D eigenvalue weighted by atomic mass is 16.6. The summed E-state index contributed by atoms with van der Waals surface area (Å²) in [6.45, 7) is 12.2. The maximum Gasteiger partial charge on any atom is 0.309 e. The molecular formula is C30H48O9. The summed E-state index contributed by atoms with van der Waals surface area (Å²) in [6.07, 6.45) is 4.91. The van der Waals surface area contributed by atoms with Crippen LogP contribution in [0.5, 0.6) is 0 Å². The van der Waals surface area contributed by atoms with Crippen molar-refractivity contribution >= 4 is 11.9 Å². The summed E-state index contributed by atoms with van der Waals surface area (Å²) in [6, 6.07) is 0. The zero-order valence-electron chi connectivity index (χ0n) is 24.3. The molecule has 39 heavy (non-hydrogen) atoms. The zero-order chi connectivity index (χ0) is 29.5. The molecule has 4 N–H and O–H groups in total. The van der Waals surface area contributed by atoms with Crippen LogP contribution in [0.25, 0.3) is 0 Å². The van der Waals surface area contributed by atoms with Crippen LogP contribution in [0.1, 0.15) is 74.1 Å². The standard InChI is InChI=1S/C30H48O9/c1-17(15-24(33)29-20(4)27(35)21(5)37-29)9-8-10-18(2)28-19(3)11-12-25(38-22(6)31)30(7,36)14-13-23(32)16-26(34)39-28/h8-12,17,19-21,23-25,27-29,32-33,35-36H,13-16H2,1-7H3. The van der Waals surface area contributed by atoms with Gasteiger partial charge in [0.15, 0.2) is 0 Å². The van der Waals surface area contributed by atoms with Crippen molar-refractivity contribution in [2.45, 2.75) is 122 Å². The number of aliphatic hydroxyl groups excluding tert-OH is 3. The molecule has 9 heteroatoms. The van der Waals surface area contributed by atoms with E-state index in [4.69, 9.17) is 14.2 Å². The van der Waals surface area contributed by atoms with Gasteiger partial charge in [0, 0.05) is 18.8 Å². The molecule has 2 heterocycles. The summed E-state index contributed by atoms with van der Waals surface area (Å²) in [4.78, 5) is 24.3. The Bertz CT molecular complexity index is 908. The van der Waals surface area contributed by atoms with Gasteiger partial charge in [-0.15, -0.1) is 0 Å². The van der Waals surface area contributed by atoms with Crippen molar-refractivity contribution < 1.29 is 44.2 Å². The van der Waals surface area contributed by atoms with E-state index < -0.39 is 54.2 Å². The summed E-state index contributed by atoms with van der Waals surface area (Å²) in [7, 11) is 0. The van der Waals surface area contributed by atoms with Crippen molar-refractivity contribution in [2.24, 2.45) is 17.8 Å². The highest BCUT2D eigenvalue weighted by molar-refractivity contribution is 5.70. The highest BCUT2D eigenvalue weighted by Crippen LogP contribution is 2.31. The smallest absolute Gasteiger partial charge is 0.309 e. The molecule has 0 spiro atoms. The van der Waals surface area contributed by atoms with Gasteiger partial charge >= 0.3 is 11.9 Å². The monoisotopic (exact) mass is 552 g/mol. The summed E-state index contributed by atoms with van der Waals surface area (Å²) < 4.78 is 16.9. The number of esters is 2. The van der Waals surface area contributed by atoms with Crippen LogP contribution < -0.4 is 0 Å². The van der Waals surface area contributed by atoms with Crippen molar-refractivity contribution in [1.29, 1.82) is 0 Å². The summed E-state index contributed by atoms with van der Waals surface area (Å²) in [5.74, 6) is -1.53. The average Bonchev–Trinajstić information content (AvgIpc) is 3.10. The van der Waals surface area contributed by atoms with Crippen molar-refractivity contribution in [3.8, 4) is 0 Å². The van der Waals surface area contributed by atoms with Gasteiger partial charge in [0.05, 0.1) is 36.9 Å². The molecule has 1 fully saturated rings.